The van der Waals surface area contributed by atoms with Crippen molar-refractivity contribution in [3.63, 3.8) is 0 Å². The number of allylic oxidation sites excluding steroid dienone is 2. The van der Waals surface area contributed by atoms with Gasteiger partial charge in [0.15, 0.2) is 36.5 Å². The van der Waals surface area contributed by atoms with Crippen molar-refractivity contribution in [1.82, 2.24) is 0 Å². The monoisotopic (exact) mass is 1410 g/mol. The summed E-state index contributed by atoms with van der Waals surface area (Å²) in [5.41, 5.74) is 1.69. The lowest BCUT2D eigenvalue weighted by Gasteiger charge is -2.49. The van der Waals surface area contributed by atoms with Gasteiger partial charge in [-0.05, 0) is 195 Å². The minimum atomic E-state index is -2.93. The average molecular weight is 1410 g/mol. The van der Waals surface area contributed by atoms with E-state index >= 15 is 0 Å². The van der Waals surface area contributed by atoms with Gasteiger partial charge in [-0.2, -0.15) is 0 Å². The number of hydrogen-bond acceptors (Lipinski definition) is 12. The van der Waals surface area contributed by atoms with Crippen molar-refractivity contribution >= 4 is 73.0 Å². The fourth-order valence-electron chi connectivity index (χ4n) is 13.4. The molecule has 0 unspecified atom stereocenters. The molecule has 532 valence electrons. The maximum absolute atomic E-state index is 14.4. The molecular weight excluding hydrogens is 1290 g/mol. The highest BCUT2D eigenvalue weighted by atomic mass is 32.2. The van der Waals surface area contributed by atoms with Gasteiger partial charge < -0.3 is 41.4 Å². The van der Waals surface area contributed by atoms with Gasteiger partial charge in [-0.3, -0.25) is 4.79 Å². The standard InChI is InChI=1S/C79H128O10S2Si4/c1-22-94(23-2,24-3)87-67(51-55-82-59-63-38-29-25-30-39-63)49-53-78(16,89-93(20,21)75(8,9)10)71(83-60-64-45-47-66(81-17)48-46-64)50-54-79(90-56-37-57-91-79)52-36-28-31-40-65(80)58-62(4)72(88-92(18,19)74(5,6)7)73-70(85-77(14,15)86-73)61-84-95(76(11,12)13,68-41-32-26-33-42-68)69-43-34-27-35-44-69/h25-27,29-35,38-48,62,67,70-73H,22-24,28,36-37,49-61H2,1-21H3/b40-31+/t62-,67+,70+,71+,72-,73+,78-/m1/s1. The first-order valence-corrected chi connectivity index (χ1v) is 48.3. The van der Waals surface area contributed by atoms with Crippen molar-refractivity contribution in [2.75, 3.05) is 31.8 Å². The van der Waals surface area contributed by atoms with Crippen LogP contribution in [0.25, 0.3) is 0 Å². The summed E-state index contributed by atoms with van der Waals surface area (Å²) in [6, 6.07) is 43.6. The number of ketones is 1. The van der Waals surface area contributed by atoms with Crippen LogP contribution >= 0.6 is 23.5 Å². The molecule has 6 rings (SSSR count). The maximum atomic E-state index is 14.4. The summed E-state index contributed by atoms with van der Waals surface area (Å²) in [5.74, 6) is 2.15. The van der Waals surface area contributed by atoms with E-state index in [9.17, 15) is 4.79 Å². The fourth-order valence-corrected chi connectivity index (χ4v) is 27.4. The van der Waals surface area contributed by atoms with Crippen LogP contribution in [0.15, 0.2) is 127 Å². The summed E-state index contributed by atoms with van der Waals surface area (Å²) in [5, 5.41) is 2.11. The van der Waals surface area contributed by atoms with E-state index in [0.717, 1.165) is 92.3 Å². The Bertz CT molecular complexity index is 2850. The molecule has 2 saturated heterocycles. The Morgan fingerprint density at radius 2 is 1.23 bits per heavy atom. The summed E-state index contributed by atoms with van der Waals surface area (Å²) in [6.07, 6.45) is 11.2. The Morgan fingerprint density at radius 1 is 0.674 bits per heavy atom. The van der Waals surface area contributed by atoms with E-state index in [1.807, 2.05) is 32.1 Å². The van der Waals surface area contributed by atoms with Crippen LogP contribution in [0.3, 0.4) is 0 Å². The number of benzene rings is 4. The first-order valence-electron chi connectivity index (χ1n) is 36.1. The summed E-state index contributed by atoms with van der Waals surface area (Å²) in [7, 11) is -7.97. The van der Waals surface area contributed by atoms with E-state index < -0.39 is 63.0 Å². The van der Waals surface area contributed by atoms with Crippen LogP contribution in [0, 0.1) is 5.92 Å². The largest absolute Gasteiger partial charge is 0.497 e. The number of carbonyl (C=O) groups excluding carboxylic acids is 1. The Kier molecular flexibility index (Phi) is 30.6. The Balaban J connectivity index is 1.22. The SMILES string of the molecule is CC[Si](CC)(CC)O[C@H](CCOCc1ccccc1)CC[C@@](C)(O[Si](C)(C)C(C)(C)C)[C@H](CCC1(CCC/C=C/C(=O)C[C@@H](C)[C@@H](O[Si](C)(C)C(C)(C)C)[C@H]2OC(C)(C)O[C@H]2CO[Si](c2ccccc2)(c2ccccc2)C(C)(C)C)SCCCS1)OCc1ccc(OC)cc1. The number of unbranched alkanes of at least 4 members (excludes halogenated alkanes) is 1. The molecule has 0 amide bonds. The lowest BCUT2D eigenvalue weighted by Crippen LogP contribution is -2.67. The van der Waals surface area contributed by atoms with E-state index in [2.05, 4.69) is 256 Å². The predicted molar refractivity (Wildman–Crippen MR) is 413 cm³/mol. The van der Waals surface area contributed by atoms with Crippen LogP contribution in [-0.2, 0) is 54.7 Å². The average Bonchev–Trinajstić information content (AvgIpc) is 1.53. The third kappa shape index (κ3) is 22.9. The molecule has 10 nitrogen and oxygen atoms in total. The van der Waals surface area contributed by atoms with Crippen molar-refractivity contribution in [3.05, 3.63) is 139 Å². The van der Waals surface area contributed by atoms with Gasteiger partial charge in [0.25, 0.3) is 8.32 Å². The molecule has 0 spiro atoms. The summed E-state index contributed by atoms with van der Waals surface area (Å²) in [6.45, 7) is 47.7. The molecule has 0 aromatic heterocycles. The predicted octanol–water partition coefficient (Wildman–Crippen LogP) is 20.3. The zero-order valence-electron chi connectivity index (χ0n) is 62.9. The van der Waals surface area contributed by atoms with Crippen LogP contribution in [0.5, 0.6) is 5.75 Å². The van der Waals surface area contributed by atoms with Crippen molar-refractivity contribution < 1.29 is 46.2 Å². The molecule has 0 aliphatic carbocycles. The smallest absolute Gasteiger partial charge is 0.261 e. The molecule has 2 aliphatic rings. The van der Waals surface area contributed by atoms with E-state index in [4.69, 9.17) is 41.4 Å². The second kappa shape index (κ2) is 35.8. The van der Waals surface area contributed by atoms with Gasteiger partial charge in [0.05, 0.1) is 48.8 Å². The highest BCUT2D eigenvalue weighted by Gasteiger charge is 2.55. The lowest BCUT2D eigenvalue weighted by atomic mass is 9.88. The molecule has 16 heteroatoms. The molecule has 0 saturated carbocycles. The first kappa shape index (κ1) is 81.3. The number of methoxy groups -OCH3 is 1. The Labute approximate surface area is 590 Å². The van der Waals surface area contributed by atoms with E-state index in [1.165, 1.54) is 22.4 Å². The van der Waals surface area contributed by atoms with Gasteiger partial charge in [-0.25, -0.2) is 0 Å². The molecule has 0 N–H and O–H groups in total. The topological polar surface area (TPSA) is 100 Å². The molecule has 95 heavy (non-hydrogen) atoms. The zero-order valence-corrected chi connectivity index (χ0v) is 68.6. The van der Waals surface area contributed by atoms with Gasteiger partial charge in [-0.1, -0.05) is 199 Å². The third-order valence-corrected chi connectivity index (χ3v) is 43.7. The minimum absolute atomic E-state index is 0.00343. The second-order valence-electron chi connectivity index (χ2n) is 32.1. The van der Waals surface area contributed by atoms with Crippen LogP contribution in [0.2, 0.25) is 59.4 Å². The Morgan fingerprint density at radius 3 is 1.77 bits per heavy atom. The van der Waals surface area contributed by atoms with Gasteiger partial charge in [0.1, 0.15) is 18.0 Å². The number of ether oxygens (including phenoxy) is 5. The summed E-state index contributed by atoms with van der Waals surface area (Å²) < 4.78 is 63.6. The molecule has 2 fully saturated rings. The third-order valence-electron chi connectivity index (χ3n) is 21.4. The number of thioether (sulfide) groups is 2. The second-order valence-corrected chi connectivity index (χ2v) is 53.8. The van der Waals surface area contributed by atoms with Crippen LogP contribution < -0.4 is 15.1 Å². The molecule has 4 aromatic carbocycles. The van der Waals surface area contributed by atoms with Gasteiger partial charge in [0.2, 0.25) is 0 Å². The van der Waals surface area contributed by atoms with Crippen LogP contribution in [0.4, 0.5) is 0 Å². The van der Waals surface area contributed by atoms with Crippen molar-refractivity contribution in [3.8, 4) is 5.75 Å². The summed E-state index contributed by atoms with van der Waals surface area (Å²) in [4.78, 5) is 14.4. The minimum Gasteiger partial charge on any atom is -0.497 e. The fraction of sp³-hybridized carbons (Fsp3) is 0.658. The molecule has 2 heterocycles. The molecule has 0 bridgehead atoms. The van der Waals surface area contributed by atoms with Crippen LogP contribution in [0.1, 0.15) is 186 Å². The highest BCUT2D eigenvalue weighted by molar-refractivity contribution is 8.18. The molecule has 4 aromatic rings. The Hall–Kier alpha value is -2.66. The molecule has 7 atom stereocenters. The van der Waals surface area contributed by atoms with Crippen molar-refractivity contribution in [1.29, 1.82) is 0 Å². The van der Waals surface area contributed by atoms with E-state index in [0.29, 0.717) is 32.8 Å². The number of carbonyl (C=O) groups is 1. The van der Waals surface area contributed by atoms with E-state index in [-0.39, 0.29) is 43.1 Å². The molecule has 2 aliphatic heterocycles. The van der Waals surface area contributed by atoms with E-state index in [1.54, 1.807) is 7.11 Å². The maximum Gasteiger partial charge on any atom is 0.261 e. The zero-order chi connectivity index (χ0) is 70.0. The van der Waals surface area contributed by atoms with Gasteiger partial charge in [-0.15, -0.1) is 23.5 Å². The summed E-state index contributed by atoms with van der Waals surface area (Å²) >= 11 is 4.28. The quantitative estimate of drug-likeness (QED) is 0.0242. The van der Waals surface area contributed by atoms with Crippen molar-refractivity contribution in [2.45, 2.75) is 294 Å². The number of rotatable bonds is 39. The lowest BCUT2D eigenvalue weighted by molar-refractivity contribution is -0.158. The molecule has 0 radical (unpaired) electrons. The normalized spacial score (nSPS) is 19.5. The van der Waals surface area contributed by atoms with Gasteiger partial charge >= 0.3 is 0 Å². The molecular formula is C79H128O10S2Si4. The van der Waals surface area contributed by atoms with Crippen molar-refractivity contribution in [2.24, 2.45) is 5.92 Å². The van der Waals surface area contributed by atoms with Gasteiger partial charge in [0, 0.05) is 19.1 Å². The van der Waals surface area contributed by atoms with Crippen LogP contribution in [-0.4, -0.2) is 117 Å². The number of hydrogen-bond donors (Lipinski definition) is 0. The highest BCUT2D eigenvalue weighted by Crippen LogP contribution is 2.51. The first-order chi connectivity index (χ1) is 44.6.